The van der Waals surface area contributed by atoms with Gasteiger partial charge in [-0.1, -0.05) is 6.92 Å². The van der Waals surface area contributed by atoms with Crippen LogP contribution in [0.3, 0.4) is 0 Å². The zero-order valence-corrected chi connectivity index (χ0v) is 9.12. The van der Waals surface area contributed by atoms with Crippen molar-refractivity contribution in [2.75, 3.05) is 0 Å². The monoisotopic (exact) mass is 241 g/mol. The first-order chi connectivity index (χ1) is 6.24. The molecular weight excluding hydrogens is 230 g/mol. The molecule has 0 atom stereocenters. The Morgan fingerprint density at radius 3 is 2.77 bits per heavy atom. The molecule has 0 bridgehead atoms. The van der Waals surface area contributed by atoms with E-state index in [1.165, 1.54) is 0 Å². The molecule has 2 rings (SSSR count). The number of hydrogen-bond acceptors (Lipinski definition) is 2. The van der Waals surface area contributed by atoms with Crippen molar-refractivity contribution >= 4 is 15.9 Å². The average Bonchev–Trinajstić information content (AvgIpc) is 2.06. The van der Waals surface area contributed by atoms with Crippen molar-refractivity contribution in [3.05, 3.63) is 22.8 Å². The van der Waals surface area contributed by atoms with E-state index in [0.29, 0.717) is 6.10 Å². The third-order valence-corrected chi connectivity index (χ3v) is 2.79. The number of nitrogens with zero attached hydrogens (tertiary/aromatic N) is 1. The van der Waals surface area contributed by atoms with Gasteiger partial charge >= 0.3 is 0 Å². The molecule has 2 nitrogen and oxygen atoms in total. The van der Waals surface area contributed by atoms with Gasteiger partial charge < -0.3 is 4.74 Å². The van der Waals surface area contributed by atoms with Crippen LogP contribution in [0.1, 0.15) is 19.8 Å². The van der Waals surface area contributed by atoms with E-state index in [2.05, 4.69) is 27.8 Å². The molecule has 0 unspecified atom stereocenters. The third-order valence-electron chi connectivity index (χ3n) is 2.32. The van der Waals surface area contributed by atoms with Crippen LogP contribution in [-0.2, 0) is 0 Å². The lowest BCUT2D eigenvalue weighted by molar-refractivity contribution is 0.0695. The summed E-state index contributed by atoms with van der Waals surface area (Å²) in [6.07, 6.45) is 4.48. The number of halogens is 1. The smallest absolute Gasteiger partial charge is 0.213 e. The second kappa shape index (κ2) is 3.66. The van der Waals surface area contributed by atoms with Crippen LogP contribution in [0.2, 0.25) is 0 Å². The zero-order valence-electron chi connectivity index (χ0n) is 7.53. The Bertz CT molecular complexity index is 279. The van der Waals surface area contributed by atoms with Gasteiger partial charge in [-0.15, -0.1) is 0 Å². The van der Waals surface area contributed by atoms with E-state index in [0.717, 1.165) is 29.1 Å². The summed E-state index contributed by atoms with van der Waals surface area (Å²) in [6, 6.07) is 3.84. The van der Waals surface area contributed by atoms with E-state index in [4.69, 9.17) is 4.74 Å². The molecule has 0 aliphatic heterocycles. The molecule has 1 saturated carbocycles. The molecular formula is C10H12BrNO. The molecule has 1 aromatic rings. The Labute approximate surface area is 86.5 Å². The van der Waals surface area contributed by atoms with Gasteiger partial charge in [0, 0.05) is 16.7 Å². The molecule has 1 fully saturated rings. The van der Waals surface area contributed by atoms with Gasteiger partial charge in [0.2, 0.25) is 5.88 Å². The molecule has 0 spiro atoms. The highest BCUT2D eigenvalue weighted by atomic mass is 79.9. The van der Waals surface area contributed by atoms with Crippen molar-refractivity contribution in [3.8, 4) is 5.88 Å². The van der Waals surface area contributed by atoms with E-state index in [1.54, 1.807) is 6.20 Å². The predicted octanol–water partition coefficient (Wildman–Crippen LogP) is 3.02. The van der Waals surface area contributed by atoms with Crippen LogP contribution in [0.4, 0.5) is 0 Å². The average molecular weight is 242 g/mol. The van der Waals surface area contributed by atoms with Crippen LogP contribution in [0.15, 0.2) is 22.8 Å². The molecule has 70 valence electrons. The fourth-order valence-electron chi connectivity index (χ4n) is 1.53. The lowest BCUT2D eigenvalue weighted by Gasteiger charge is -2.32. The highest BCUT2D eigenvalue weighted by Gasteiger charge is 2.27. The van der Waals surface area contributed by atoms with Crippen LogP contribution in [-0.4, -0.2) is 11.1 Å². The SMILES string of the molecule is CC1CC(Oc2ccc(Br)cn2)C1. The summed E-state index contributed by atoms with van der Waals surface area (Å²) in [7, 11) is 0. The van der Waals surface area contributed by atoms with Gasteiger partial charge in [-0.05, 0) is 40.8 Å². The molecule has 1 aliphatic rings. The zero-order chi connectivity index (χ0) is 9.26. The molecule has 0 amide bonds. The topological polar surface area (TPSA) is 22.1 Å². The number of pyridine rings is 1. The minimum atomic E-state index is 0.392. The Balaban J connectivity index is 1.91. The molecule has 0 N–H and O–H groups in total. The normalized spacial score (nSPS) is 26.6. The van der Waals surface area contributed by atoms with E-state index in [9.17, 15) is 0 Å². The number of aromatic nitrogens is 1. The Kier molecular flexibility index (Phi) is 2.54. The van der Waals surface area contributed by atoms with Crippen LogP contribution in [0.25, 0.3) is 0 Å². The quantitative estimate of drug-likeness (QED) is 0.795. The number of rotatable bonds is 2. The molecule has 1 aliphatic carbocycles. The summed E-state index contributed by atoms with van der Waals surface area (Å²) >= 11 is 3.33. The van der Waals surface area contributed by atoms with Gasteiger partial charge in [0.15, 0.2) is 0 Å². The Morgan fingerprint density at radius 2 is 2.23 bits per heavy atom. The van der Waals surface area contributed by atoms with Crippen molar-refractivity contribution < 1.29 is 4.74 Å². The molecule has 1 aromatic heterocycles. The molecule has 0 radical (unpaired) electrons. The molecule has 0 saturated heterocycles. The van der Waals surface area contributed by atoms with Gasteiger partial charge in [0.05, 0.1) is 0 Å². The summed E-state index contributed by atoms with van der Waals surface area (Å²) in [5.41, 5.74) is 0. The Hall–Kier alpha value is -0.570. The van der Waals surface area contributed by atoms with E-state index < -0.39 is 0 Å². The number of ether oxygens (including phenoxy) is 1. The summed E-state index contributed by atoms with van der Waals surface area (Å²) < 4.78 is 6.63. The molecule has 3 heteroatoms. The van der Waals surface area contributed by atoms with Crippen LogP contribution < -0.4 is 4.74 Å². The molecule has 0 aromatic carbocycles. The predicted molar refractivity (Wildman–Crippen MR) is 54.8 cm³/mol. The fourth-order valence-corrected chi connectivity index (χ4v) is 1.76. The van der Waals surface area contributed by atoms with E-state index >= 15 is 0 Å². The fraction of sp³-hybridized carbons (Fsp3) is 0.500. The van der Waals surface area contributed by atoms with Crippen LogP contribution in [0, 0.1) is 5.92 Å². The van der Waals surface area contributed by atoms with Crippen molar-refractivity contribution in [2.24, 2.45) is 5.92 Å². The maximum Gasteiger partial charge on any atom is 0.213 e. The van der Waals surface area contributed by atoms with Crippen molar-refractivity contribution in [1.29, 1.82) is 0 Å². The maximum absolute atomic E-state index is 5.64. The highest BCUT2D eigenvalue weighted by molar-refractivity contribution is 9.10. The standard InChI is InChI=1S/C10H12BrNO/c1-7-4-9(5-7)13-10-3-2-8(11)6-12-10/h2-3,6-7,9H,4-5H2,1H3. The van der Waals surface area contributed by atoms with Crippen molar-refractivity contribution in [3.63, 3.8) is 0 Å². The van der Waals surface area contributed by atoms with Crippen LogP contribution in [0.5, 0.6) is 5.88 Å². The van der Waals surface area contributed by atoms with Crippen molar-refractivity contribution in [1.82, 2.24) is 4.98 Å². The summed E-state index contributed by atoms with van der Waals surface area (Å²) in [4.78, 5) is 4.16. The van der Waals surface area contributed by atoms with Gasteiger partial charge in [-0.2, -0.15) is 0 Å². The van der Waals surface area contributed by atoms with Crippen molar-refractivity contribution in [2.45, 2.75) is 25.9 Å². The van der Waals surface area contributed by atoms with Crippen LogP contribution >= 0.6 is 15.9 Å². The largest absolute Gasteiger partial charge is 0.474 e. The first-order valence-corrected chi connectivity index (χ1v) is 5.31. The Morgan fingerprint density at radius 1 is 1.46 bits per heavy atom. The summed E-state index contributed by atoms with van der Waals surface area (Å²) in [6.45, 7) is 2.24. The van der Waals surface area contributed by atoms with Gasteiger partial charge in [-0.3, -0.25) is 0 Å². The van der Waals surface area contributed by atoms with Gasteiger partial charge in [0.1, 0.15) is 6.10 Å². The lowest BCUT2D eigenvalue weighted by Crippen LogP contribution is -2.32. The second-order valence-electron chi connectivity index (χ2n) is 3.63. The maximum atomic E-state index is 5.64. The lowest BCUT2D eigenvalue weighted by atomic mass is 9.84. The first-order valence-electron chi connectivity index (χ1n) is 4.52. The second-order valence-corrected chi connectivity index (χ2v) is 4.55. The first kappa shape index (κ1) is 9.00. The van der Waals surface area contributed by atoms with E-state index in [-0.39, 0.29) is 0 Å². The van der Waals surface area contributed by atoms with Gasteiger partial charge in [-0.25, -0.2) is 4.98 Å². The van der Waals surface area contributed by atoms with E-state index in [1.807, 2.05) is 12.1 Å². The summed E-state index contributed by atoms with van der Waals surface area (Å²) in [5.74, 6) is 1.56. The molecule has 1 heterocycles. The number of hydrogen-bond donors (Lipinski definition) is 0. The highest BCUT2D eigenvalue weighted by Crippen LogP contribution is 2.30. The third kappa shape index (κ3) is 2.21. The minimum Gasteiger partial charge on any atom is -0.474 e. The molecule has 13 heavy (non-hydrogen) atoms. The summed E-state index contributed by atoms with van der Waals surface area (Å²) in [5, 5.41) is 0. The van der Waals surface area contributed by atoms with Gasteiger partial charge in [0.25, 0.3) is 0 Å². The minimum absolute atomic E-state index is 0.392.